The van der Waals surface area contributed by atoms with Gasteiger partial charge in [-0.3, -0.25) is 0 Å². The molecule has 1 heterocycles. The van der Waals surface area contributed by atoms with Crippen molar-refractivity contribution in [1.82, 2.24) is 4.98 Å². The average Bonchev–Trinajstić information content (AvgIpc) is 2.14. The van der Waals surface area contributed by atoms with Crippen LogP contribution in [0.4, 0.5) is 19.0 Å². The first-order valence-electron chi connectivity index (χ1n) is 3.94. The van der Waals surface area contributed by atoms with E-state index in [1.807, 2.05) is 0 Å². The van der Waals surface area contributed by atoms with E-state index in [2.05, 4.69) is 9.72 Å². The standard InChI is InChI=1S/C8H4F3N3O3/c9-8(10,11)17-5-1-4(7(15)16)14-6(13)3(5)2-12/h1H,(H2,13,14)(H,15,16). The largest absolute Gasteiger partial charge is 0.573 e. The highest BCUT2D eigenvalue weighted by Gasteiger charge is 2.33. The molecule has 17 heavy (non-hydrogen) atoms. The molecule has 90 valence electrons. The van der Waals surface area contributed by atoms with Crippen LogP contribution in [0.25, 0.3) is 0 Å². The van der Waals surface area contributed by atoms with Crippen LogP contribution in [0.2, 0.25) is 0 Å². The van der Waals surface area contributed by atoms with Crippen molar-refractivity contribution in [2.75, 3.05) is 5.73 Å². The van der Waals surface area contributed by atoms with Crippen LogP contribution in [-0.2, 0) is 0 Å². The molecular formula is C8H4F3N3O3. The summed E-state index contributed by atoms with van der Waals surface area (Å²) in [6.07, 6.45) is -5.06. The molecule has 0 aliphatic rings. The Hall–Kier alpha value is -2.50. The van der Waals surface area contributed by atoms with E-state index in [-0.39, 0.29) is 0 Å². The predicted octanol–water partition coefficient (Wildman–Crippen LogP) is 1.13. The SMILES string of the molecule is N#Cc1c(OC(F)(F)F)cc(C(=O)O)nc1N. The Morgan fingerprint density at radius 2 is 2.18 bits per heavy atom. The van der Waals surface area contributed by atoms with Crippen LogP contribution in [0.1, 0.15) is 16.1 Å². The molecule has 0 atom stereocenters. The maximum atomic E-state index is 12.0. The Morgan fingerprint density at radius 1 is 1.59 bits per heavy atom. The third-order valence-electron chi connectivity index (χ3n) is 1.57. The van der Waals surface area contributed by atoms with E-state index in [0.29, 0.717) is 6.07 Å². The number of hydrogen-bond acceptors (Lipinski definition) is 5. The van der Waals surface area contributed by atoms with E-state index in [1.54, 1.807) is 0 Å². The van der Waals surface area contributed by atoms with Gasteiger partial charge in [0.25, 0.3) is 0 Å². The first-order chi connectivity index (χ1) is 7.74. The van der Waals surface area contributed by atoms with Crippen LogP contribution in [0.5, 0.6) is 5.75 Å². The summed E-state index contributed by atoms with van der Waals surface area (Å²) < 4.78 is 39.4. The van der Waals surface area contributed by atoms with Gasteiger partial charge in [0, 0.05) is 6.07 Å². The fourth-order valence-corrected chi connectivity index (χ4v) is 0.968. The molecule has 9 heteroatoms. The Labute approximate surface area is 92.0 Å². The number of nitrogens with two attached hydrogens (primary N) is 1. The van der Waals surface area contributed by atoms with Crippen LogP contribution in [0.15, 0.2) is 6.07 Å². The molecule has 1 aromatic rings. The van der Waals surface area contributed by atoms with Crippen molar-refractivity contribution < 1.29 is 27.8 Å². The second-order valence-electron chi connectivity index (χ2n) is 2.73. The molecule has 0 saturated heterocycles. The monoisotopic (exact) mass is 247 g/mol. The number of hydrogen-bond donors (Lipinski definition) is 2. The Morgan fingerprint density at radius 3 is 2.59 bits per heavy atom. The normalized spacial score (nSPS) is 10.7. The van der Waals surface area contributed by atoms with Gasteiger partial charge in [0.05, 0.1) is 0 Å². The van der Waals surface area contributed by atoms with Crippen molar-refractivity contribution in [3.8, 4) is 11.8 Å². The van der Waals surface area contributed by atoms with Gasteiger partial charge in [-0.25, -0.2) is 9.78 Å². The summed E-state index contributed by atoms with van der Waals surface area (Å²) in [6.45, 7) is 0. The molecule has 6 nitrogen and oxygen atoms in total. The smallest absolute Gasteiger partial charge is 0.477 e. The topological polar surface area (TPSA) is 109 Å². The molecule has 0 aromatic carbocycles. The minimum Gasteiger partial charge on any atom is -0.477 e. The highest BCUT2D eigenvalue weighted by atomic mass is 19.4. The number of aromatic carboxylic acids is 1. The van der Waals surface area contributed by atoms with Crippen molar-refractivity contribution in [3.63, 3.8) is 0 Å². The molecule has 0 amide bonds. The predicted molar refractivity (Wildman–Crippen MR) is 47.0 cm³/mol. The summed E-state index contributed by atoms with van der Waals surface area (Å²) >= 11 is 0. The zero-order chi connectivity index (χ0) is 13.2. The van der Waals surface area contributed by atoms with Crippen molar-refractivity contribution in [2.24, 2.45) is 0 Å². The zero-order valence-electron chi connectivity index (χ0n) is 7.95. The molecule has 3 N–H and O–H groups in total. The van der Waals surface area contributed by atoms with Crippen LogP contribution in [0.3, 0.4) is 0 Å². The van der Waals surface area contributed by atoms with E-state index >= 15 is 0 Å². The van der Waals surface area contributed by atoms with Gasteiger partial charge < -0.3 is 15.6 Å². The lowest BCUT2D eigenvalue weighted by Crippen LogP contribution is -2.19. The van der Waals surface area contributed by atoms with Gasteiger partial charge >= 0.3 is 12.3 Å². The van der Waals surface area contributed by atoms with Gasteiger partial charge in [0.15, 0.2) is 11.4 Å². The number of nitrogen functional groups attached to an aromatic ring is 1. The molecule has 0 aliphatic heterocycles. The maximum Gasteiger partial charge on any atom is 0.573 e. The summed E-state index contributed by atoms with van der Waals surface area (Å²) in [4.78, 5) is 13.8. The second-order valence-corrected chi connectivity index (χ2v) is 2.73. The molecule has 0 bridgehead atoms. The Bertz CT molecular complexity index is 507. The summed E-state index contributed by atoms with van der Waals surface area (Å²) in [5.74, 6) is -3.23. The molecule has 0 fully saturated rings. The molecule has 1 aromatic heterocycles. The number of rotatable bonds is 2. The number of pyridine rings is 1. The van der Waals surface area contributed by atoms with Crippen LogP contribution in [0, 0.1) is 11.3 Å². The number of anilines is 1. The van der Waals surface area contributed by atoms with Crippen molar-refractivity contribution in [3.05, 3.63) is 17.3 Å². The second kappa shape index (κ2) is 4.17. The van der Waals surface area contributed by atoms with E-state index in [9.17, 15) is 18.0 Å². The Kier molecular flexibility index (Phi) is 3.08. The van der Waals surface area contributed by atoms with Crippen LogP contribution >= 0.6 is 0 Å². The van der Waals surface area contributed by atoms with Gasteiger partial charge in [0.2, 0.25) is 0 Å². The molecular weight excluding hydrogens is 243 g/mol. The lowest BCUT2D eigenvalue weighted by molar-refractivity contribution is -0.274. The summed E-state index contributed by atoms with van der Waals surface area (Å²) in [5.41, 5.74) is 3.72. The van der Waals surface area contributed by atoms with E-state index in [0.717, 1.165) is 0 Å². The highest BCUT2D eigenvalue weighted by molar-refractivity contribution is 5.87. The first-order valence-corrected chi connectivity index (χ1v) is 3.94. The molecule has 0 unspecified atom stereocenters. The summed E-state index contributed by atoms with van der Waals surface area (Å²) in [7, 11) is 0. The quantitative estimate of drug-likeness (QED) is 0.810. The Balaban J connectivity index is 3.35. The lowest BCUT2D eigenvalue weighted by Gasteiger charge is -2.11. The van der Waals surface area contributed by atoms with Gasteiger partial charge in [0.1, 0.15) is 17.5 Å². The highest BCUT2D eigenvalue weighted by Crippen LogP contribution is 2.29. The van der Waals surface area contributed by atoms with Crippen LogP contribution < -0.4 is 10.5 Å². The number of carbonyl (C=O) groups is 1. The minimum absolute atomic E-state index is 0.477. The number of carboxylic acid groups (broad SMARTS) is 1. The van der Waals surface area contributed by atoms with Crippen molar-refractivity contribution in [1.29, 1.82) is 5.26 Å². The number of nitrogens with zero attached hydrogens (tertiary/aromatic N) is 2. The third-order valence-corrected chi connectivity index (χ3v) is 1.57. The number of alkyl halides is 3. The number of ether oxygens (including phenoxy) is 1. The van der Waals surface area contributed by atoms with Gasteiger partial charge in [-0.05, 0) is 0 Å². The average molecular weight is 247 g/mol. The number of aromatic nitrogens is 1. The summed E-state index contributed by atoms with van der Waals surface area (Å²) in [6, 6.07) is 1.82. The molecule has 0 saturated carbocycles. The molecule has 0 aliphatic carbocycles. The fourth-order valence-electron chi connectivity index (χ4n) is 0.968. The summed E-state index contributed by atoms with van der Waals surface area (Å²) in [5, 5.41) is 17.1. The zero-order valence-corrected chi connectivity index (χ0v) is 7.95. The first kappa shape index (κ1) is 12.6. The molecule has 0 radical (unpaired) electrons. The van der Waals surface area contributed by atoms with Gasteiger partial charge in [-0.15, -0.1) is 13.2 Å². The van der Waals surface area contributed by atoms with Gasteiger partial charge in [-0.1, -0.05) is 0 Å². The lowest BCUT2D eigenvalue weighted by atomic mass is 10.2. The van der Waals surface area contributed by atoms with E-state index in [1.165, 1.54) is 6.07 Å². The maximum absolute atomic E-state index is 12.0. The molecule has 1 rings (SSSR count). The number of nitriles is 1. The van der Waals surface area contributed by atoms with E-state index < -0.39 is 35.2 Å². The van der Waals surface area contributed by atoms with Crippen molar-refractivity contribution >= 4 is 11.8 Å². The third kappa shape index (κ3) is 2.97. The fraction of sp³-hybridized carbons (Fsp3) is 0.125. The van der Waals surface area contributed by atoms with Gasteiger partial charge in [-0.2, -0.15) is 5.26 Å². The minimum atomic E-state index is -5.06. The number of halogens is 3. The van der Waals surface area contributed by atoms with E-state index in [4.69, 9.17) is 16.1 Å². The number of carboxylic acids is 1. The van der Waals surface area contributed by atoms with Crippen LogP contribution in [-0.4, -0.2) is 22.4 Å². The molecule has 0 spiro atoms. The van der Waals surface area contributed by atoms with Crippen molar-refractivity contribution in [2.45, 2.75) is 6.36 Å².